The van der Waals surface area contributed by atoms with Gasteiger partial charge in [0.2, 0.25) is 5.91 Å². The highest BCUT2D eigenvalue weighted by Gasteiger charge is 2.41. The lowest BCUT2D eigenvalue weighted by atomic mass is 9.92. The fourth-order valence-corrected chi connectivity index (χ4v) is 1.66. The van der Waals surface area contributed by atoms with Crippen LogP contribution in [0.4, 0.5) is 0 Å². The third-order valence-electron chi connectivity index (χ3n) is 2.78. The summed E-state index contributed by atoms with van der Waals surface area (Å²) in [4.78, 5) is 13.4. The average molecular weight is 195 g/mol. The number of hydrogen-bond donors (Lipinski definition) is 1. The van der Waals surface area contributed by atoms with E-state index in [-0.39, 0.29) is 23.9 Å². The molecule has 1 aliphatic rings. The molecule has 1 amide bonds. The first-order valence-electron chi connectivity index (χ1n) is 4.96. The summed E-state index contributed by atoms with van der Waals surface area (Å²) in [7, 11) is 0. The van der Waals surface area contributed by atoms with Gasteiger partial charge in [-0.1, -0.05) is 13.8 Å². The molecule has 1 rings (SSSR count). The van der Waals surface area contributed by atoms with Gasteiger partial charge in [0.15, 0.2) is 0 Å². The van der Waals surface area contributed by atoms with E-state index >= 15 is 0 Å². The average Bonchev–Trinajstić information content (AvgIpc) is 2.11. The topological polar surface area (TPSA) is 70.1 Å². The van der Waals surface area contributed by atoms with Crippen molar-refractivity contribution < 1.29 is 4.79 Å². The molecule has 1 aliphatic heterocycles. The summed E-state index contributed by atoms with van der Waals surface area (Å²) in [6.45, 7) is 5.77. The molecular formula is C10H17N3O. The molecule has 2 N–H and O–H groups in total. The summed E-state index contributed by atoms with van der Waals surface area (Å²) >= 11 is 0. The predicted molar refractivity (Wildman–Crippen MR) is 53.1 cm³/mol. The maximum atomic E-state index is 11.8. The lowest BCUT2D eigenvalue weighted by Crippen LogP contribution is -2.61. The van der Waals surface area contributed by atoms with Gasteiger partial charge < -0.3 is 10.6 Å². The molecule has 0 aromatic heterocycles. The molecular weight excluding hydrogens is 178 g/mol. The van der Waals surface area contributed by atoms with E-state index in [9.17, 15) is 4.79 Å². The zero-order valence-electron chi connectivity index (χ0n) is 8.90. The fourth-order valence-electron chi connectivity index (χ4n) is 1.66. The highest BCUT2D eigenvalue weighted by Crippen LogP contribution is 2.26. The van der Waals surface area contributed by atoms with Gasteiger partial charge in [-0.2, -0.15) is 5.26 Å². The highest BCUT2D eigenvalue weighted by molar-refractivity contribution is 5.83. The first kappa shape index (κ1) is 11.0. The van der Waals surface area contributed by atoms with Crippen molar-refractivity contribution in [2.24, 2.45) is 11.7 Å². The van der Waals surface area contributed by atoms with E-state index in [0.29, 0.717) is 0 Å². The molecule has 0 bridgehead atoms. The molecule has 1 saturated heterocycles. The molecule has 1 heterocycles. The Morgan fingerprint density at radius 2 is 2.21 bits per heavy atom. The molecule has 3 atom stereocenters. The van der Waals surface area contributed by atoms with Gasteiger partial charge in [-0.15, -0.1) is 0 Å². The monoisotopic (exact) mass is 195 g/mol. The summed E-state index contributed by atoms with van der Waals surface area (Å²) < 4.78 is 0. The maximum absolute atomic E-state index is 11.8. The lowest BCUT2D eigenvalue weighted by Gasteiger charge is -2.44. The van der Waals surface area contributed by atoms with Gasteiger partial charge in [0.1, 0.15) is 6.04 Å². The molecule has 3 unspecified atom stereocenters. The molecule has 0 spiro atoms. The number of carbonyl (C=O) groups excluding carboxylic acids is 1. The second kappa shape index (κ2) is 3.97. The predicted octanol–water partition coefficient (Wildman–Crippen LogP) is 0.483. The normalized spacial score (nSPS) is 28.1. The Morgan fingerprint density at radius 1 is 1.64 bits per heavy atom. The van der Waals surface area contributed by atoms with Gasteiger partial charge in [-0.25, -0.2) is 0 Å². The van der Waals surface area contributed by atoms with Gasteiger partial charge in [-0.05, 0) is 12.8 Å². The Balaban J connectivity index is 2.65. The third-order valence-corrected chi connectivity index (χ3v) is 2.78. The van der Waals surface area contributed by atoms with Crippen molar-refractivity contribution in [1.82, 2.24) is 4.90 Å². The number of nitrogens with two attached hydrogens (primary N) is 1. The van der Waals surface area contributed by atoms with Crippen LogP contribution >= 0.6 is 0 Å². The molecule has 4 heteroatoms. The second-order valence-electron chi connectivity index (χ2n) is 4.24. The van der Waals surface area contributed by atoms with Crippen LogP contribution < -0.4 is 5.73 Å². The summed E-state index contributed by atoms with van der Waals surface area (Å²) in [5.41, 5.74) is 5.75. The van der Waals surface area contributed by atoms with Gasteiger partial charge in [0.05, 0.1) is 12.1 Å². The minimum Gasteiger partial charge on any atom is -0.322 e. The largest absolute Gasteiger partial charge is 0.322 e. The number of likely N-dealkylation sites (tertiary alicyclic amines) is 1. The number of hydrogen-bond acceptors (Lipinski definition) is 3. The van der Waals surface area contributed by atoms with Gasteiger partial charge in [0, 0.05) is 12.5 Å². The Kier molecular flexibility index (Phi) is 3.12. The number of rotatable bonds is 2. The molecule has 14 heavy (non-hydrogen) atoms. The van der Waals surface area contributed by atoms with Gasteiger partial charge >= 0.3 is 0 Å². The zero-order valence-corrected chi connectivity index (χ0v) is 8.90. The van der Waals surface area contributed by atoms with E-state index in [1.807, 2.05) is 20.8 Å². The number of carbonyl (C=O) groups is 1. The Hall–Kier alpha value is -1.08. The van der Waals surface area contributed by atoms with Crippen LogP contribution in [0.1, 0.15) is 27.2 Å². The summed E-state index contributed by atoms with van der Waals surface area (Å²) in [6.07, 6.45) is 0.771. The maximum Gasteiger partial charge on any atom is 0.241 e. The van der Waals surface area contributed by atoms with Crippen molar-refractivity contribution in [2.75, 3.05) is 0 Å². The zero-order chi connectivity index (χ0) is 10.9. The fraction of sp³-hybridized carbons (Fsp3) is 0.800. The van der Waals surface area contributed by atoms with Crippen molar-refractivity contribution in [2.45, 2.75) is 45.3 Å². The first-order chi connectivity index (χ1) is 6.49. The Labute approximate surface area is 84.7 Å². The summed E-state index contributed by atoms with van der Waals surface area (Å²) in [5, 5.41) is 8.76. The van der Waals surface area contributed by atoms with Crippen LogP contribution in [0, 0.1) is 17.2 Å². The van der Waals surface area contributed by atoms with Crippen LogP contribution in [0.15, 0.2) is 0 Å². The molecule has 4 nitrogen and oxygen atoms in total. The van der Waals surface area contributed by atoms with Crippen LogP contribution in [0.2, 0.25) is 0 Å². The van der Waals surface area contributed by atoms with Crippen molar-refractivity contribution in [1.29, 1.82) is 5.26 Å². The number of nitriles is 1. The van der Waals surface area contributed by atoms with Crippen LogP contribution in [0.25, 0.3) is 0 Å². The lowest BCUT2D eigenvalue weighted by molar-refractivity contribution is -0.143. The van der Waals surface area contributed by atoms with Crippen LogP contribution in [-0.4, -0.2) is 28.9 Å². The van der Waals surface area contributed by atoms with Gasteiger partial charge in [-0.3, -0.25) is 4.79 Å². The Morgan fingerprint density at radius 3 is 2.57 bits per heavy atom. The number of nitrogens with zero attached hydrogens (tertiary/aromatic N) is 2. The molecule has 78 valence electrons. The minimum absolute atomic E-state index is 0.0923. The molecule has 1 fully saturated rings. The first-order valence-corrected chi connectivity index (χ1v) is 4.96. The minimum atomic E-state index is -0.478. The third kappa shape index (κ3) is 1.73. The highest BCUT2D eigenvalue weighted by atomic mass is 16.2. The second-order valence-corrected chi connectivity index (χ2v) is 4.24. The molecule has 0 saturated carbocycles. The van der Waals surface area contributed by atoms with Crippen LogP contribution in [-0.2, 0) is 4.79 Å². The van der Waals surface area contributed by atoms with E-state index in [1.54, 1.807) is 4.90 Å². The number of amides is 1. The van der Waals surface area contributed by atoms with Crippen LogP contribution in [0.5, 0.6) is 0 Å². The van der Waals surface area contributed by atoms with E-state index < -0.39 is 6.04 Å². The Bertz CT molecular complexity index is 269. The standard InChI is InChI=1S/C10H17N3O/c1-6(2)9(12)10(14)13-7(3)4-8(13)5-11/h6-9H,4,12H2,1-3H3. The molecule has 0 aromatic carbocycles. The summed E-state index contributed by atoms with van der Waals surface area (Å²) in [6, 6.07) is 1.53. The quantitative estimate of drug-likeness (QED) is 0.696. The molecule has 0 aromatic rings. The van der Waals surface area contributed by atoms with E-state index in [1.165, 1.54) is 0 Å². The van der Waals surface area contributed by atoms with E-state index in [0.717, 1.165) is 6.42 Å². The van der Waals surface area contributed by atoms with Crippen molar-refractivity contribution in [3.63, 3.8) is 0 Å². The SMILES string of the molecule is CC(C)C(N)C(=O)N1C(C)CC1C#N. The molecule has 0 aliphatic carbocycles. The van der Waals surface area contributed by atoms with Crippen molar-refractivity contribution in [3.05, 3.63) is 0 Å². The van der Waals surface area contributed by atoms with Crippen molar-refractivity contribution >= 4 is 5.91 Å². The smallest absolute Gasteiger partial charge is 0.241 e. The van der Waals surface area contributed by atoms with Crippen molar-refractivity contribution in [3.8, 4) is 6.07 Å². The van der Waals surface area contributed by atoms with Crippen LogP contribution in [0.3, 0.4) is 0 Å². The summed E-state index contributed by atoms with van der Waals surface area (Å²) in [5.74, 6) is 0.0277. The molecule has 0 radical (unpaired) electrons. The van der Waals surface area contributed by atoms with Gasteiger partial charge in [0.25, 0.3) is 0 Å². The van der Waals surface area contributed by atoms with E-state index in [2.05, 4.69) is 6.07 Å². The van der Waals surface area contributed by atoms with E-state index in [4.69, 9.17) is 11.0 Å².